The normalized spacial score (nSPS) is 16.1. The highest BCUT2D eigenvalue weighted by Crippen LogP contribution is 2.21. The molecular formula is C12H16Cl2N2. The number of hydrogen-bond acceptors (Lipinski definition) is 2. The first-order valence-electron chi connectivity index (χ1n) is 5.61. The molecule has 88 valence electrons. The molecule has 1 heterocycles. The number of nitrogens with one attached hydrogen (secondary N) is 2. The molecule has 0 aromatic heterocycles. The van der Waals surface area contributed by atoms with Crippen molar-refractivity contribution in [1.29, 1.82) is 0 Å². The molecule has 1 aromatic rings. The molecule has 0 radical (unpaired) electrons. The molecule has 0 unspecified atom stereocenters. The minimum absolute atomic E-state index is 0.697. The Labute approximate surface area is 106 Å². The summed E-state index contributed by atoms with van der Waals surface area (Å²) in [6, 6.07) is 5.68. The van der Waals surface area contributed by atoms with Crippen molar-refractivity contribution in [3.05, 3.63) is 33.8 Å². The monoisotopic (exact) mass is 258 g/mol. The number of halogens is 2. The van der Waals surface area contributed by atoms with E-state index in [1.807, 2.05) is 12.1 Å². The van der Waals surface area contributed by atoms with Crippen LogP contribution in [0.4, 0.5) is 0 Å². The van der Waals surface area contributed by atoms with Gasteiger partial charge in [-0.25, -0.2) is 0 Å². The van der Waals surface area contributed by atoms with Crippen LogP contribution in [0.25, 0.3) is 0 Å². The third-order valence-corrected chi connectivity index (χ3v) is 3.47. The van der Waals surface area contributed by atoms with E-state index >= 15 is 0 Å². The second kappa shape index (κ2) is 5.87. The second-order valence-electron chi connectivity index (χ2n) is 4.21. The van der Waals surface area contributed by atoms with Crippen molar-refractivity contribution in [3.8, 4) is 0 Å². The van der Waals surface area contributed by atoms with Gasteiger partial charge in [-0.2, -0.15) is 0 Å². The van der Waals surface area contributed by atoms with E-state index in [1.54, 1.807) is 6.07 Å². The Hall–Kier alpha value is -0.280. The molecule has 1 aromatic carbocycles. The van der Waals surface area contributed by atoms with E-state index in [4.69, 9.17) is 23.2 Å². The smallest absolute Gasteiger partial charge is 0.0453 e. The summed E-state index contributed by atoms with van der Waals surface area (Å²) < 4.78 is 0. The maximum Gasteiger partial charge on any atom is 0.0453 e. The van der Waals surface area contributed by atoms with Crippen LogP contribution in [0.15, 0.2) is 18.2 Å². The Balaban J connectivity index is 1.71. The summed E-state index contributed by atoms with van der Waals surface area (Å²) in [6.45, 7) is 4.36. The van der Waals surface area contributed by atoms with Crippen LogP contribution in [-0.4, -0.2) is 26.2 Å². The molecular weight excluding hydrogens is 243 g/mol. The van der Waals surface area contributed by atoms with Gasteiger partial charge in [-0.1, -0.05) is 29.3 Å². The molecule has 2 nitrogen and oxygen atoms in total. The van der Waals surface area contributed by atoms with Crippen LogP contribution in [0, 0.1) is 5.92 Å². The van der Waals surface area contributed by atoms with Crippen molar-refractivity contribution in [2.45, 2.75) is 6.42 Å². The number of rotatable bonds is 5. The molecule has 1 saturated heterocycles. The van der Waals surface area contributed by atoms with Crippen molar-refractivity contribution < 1.29 is 0 Å². The Bertz CT molecular complexity index is 351. The summed E-state index contributed by atoms with van der Waals surface area (Å²) >= 11 is 11.9. The van der Waals surface area contributed by atoms with Gasteiger partial charge in [-0.3, -0.25) is 0 Å². The number of hydrogen-bond donors (Lipinski definition) is 2. The van der Waals surface area contributed by atoms with Crippen LogP contribution in [0.2, 0.25) is 10.0 Å². The van der Waals surface area contributed by atoms with Crippen LogP contribution in [0.5, 0.6) is 0 Å². The fourth-order valence-electron chi connectivity index (χ4n) is 1.75. The average molecular weight is 259 g/mol. The molecule has 1 aliphatic rings. The summed E-state index contributed by atoms with van der Waals surface area (Å²) in [5.74, 6) is 0.806. The predicted octanol–water partition coefficient (Wildman–Crippen LogP) is 2.34. The minimum Gasteiger partial charge on any atom is -0.316 e. The highest BCUT2D eigenvalue weighted by atomic mass is 35.5. The lowest BCUT2D eigenvalue weighted by Gasteiger charge is -2.27. The zero-order valence-electron chi connectivity index (χ0n) is 9.10. The van der Waals surface area contributed by atoms with Gasteiger partial charge in [0.15, 0.2) is 0 Å². The molecule has 1 aliphatic heterocycles. The highest BCUT2D eigenvalue weighted by molar-refractivity contribution is 6.35. The standard InChI is InChI=1S/C12H16Cl2N2/c13-11-2-1-10(12(14)5-11)3-4-15-6-9-7-16-8-9/h1-2,5,9,15-16H,3-4,6-8H2. The summed E-state index contributed by atoms with van der Waals surface area (Å²) in [5, 5.41) is 8.17. The van der Waals surface area contributed by atoms with E-state index in [-0.39, 0.29) is 0 Å². The molecule has 0 spiro atoms. The quantitative estimate of drug-likeness (QED) is 0.793. The molecule has 0 bridgehead atoms. The van der Waals surface area contributed by atoms with E-state index in [9.17, 15) is 0 Å². The van der Waals surface area contributed by atoms with Crippen molar-refractivity contribution >= 4 is 23.2 Å². The Morgan fingerprint density at radius 3 is 2.75 bits per heavy atom. The fourth-order valence-corrected chi connectivity index (χ4v) is 2.25. The lowest BCUT2D eigenvalue weighted by atomic mass is 10.0. The lowest BCUT2D eigenvalue weighted by Crippen LogP contribution is -2.47. The second-order valence-corrected chi connectivity index (χ2v) is 5.06. The fraction of sp³-hybridized carbons (Fsp3) is 0.500. The van der Waals surface area contributed by atoms with Gasteiger partial charge in [0.1, 0.15) is 0 Å². The van der Waals surface area contributed by atoms with Gasteiger partial charge in [0.05, 0.1) is 0 Å². The zero-order valence-corrected chi connectivity index (χ0v) is 10.6. The van der Waals surface area contributed by atoms with E-state index in [0.29, 0.717) is 5.02 Å². The third-order valence-electron chi connectivity index (χ3n) is 2.89. The highest BCUT2D eigenvalue weighted by Gasteiger charge is 2.15. The van der Waals surface area contributed by atoms with Crippen molar-refractivity contribution in [1.82, 2.24) is 10.6 Å². The molecule has 0 atom stereocenters. The average Bonchev–Trinajstić information content (AvgIpc) is 2.18. The van der Waals surface area contributed by atoms with E-state index in [0.717, 1.165) is 49.1 Å². The molecule has 4 heteroatoms. The van der Waals surface area contributed by atoms with Crippen molar-refractivity contribution in [2.24, 2.45) is 5.92 Å². The van der Waals surface area contributed by atoms with Gasteiger partial charge in [0.2, 0.25) is 0 Å². The van der Waals surface area contributed by atoms with Crippen LogP contribution in [0.1, 0.15) is 5.56 Å². The van der Waals surface area contributed by atoms with Crippen LogP contribution in [-0.2, 0) is 6.42 Å². The Morgan fingerprint density at radius 2 is 2.12 bits per heavy atom. The predicted molar refractivity (Wildman–Crippen MR) is 69.4 cm³/mol. The first-order valence-corrected chi connectivity index (χ1v) is 6.36. The largest absolute Gasteiger partial charge is 0.316 e. The van der Waals surface area contributed by atoms with Crippen molar-refractivity contribution in [2.75, 3.05) is 26.2 Å². The minimum atomic E-state index is 0.697. The topological polar surface area (TPSA) is 24.1 Å². The first-order chi connectivity index (χ1) is 7.75. The Morgan fingerprint density at radius 1 is 1.31 bits per heavy atom. The van der Waals surface area contributed by atoms with E-state index in [2.05, 4.69) is 10.6 Å². The molecule has 1 fully saturated rings. The SMILES string of the molecule is Clc1ccc(CCNCC2CNC2)c(Cl)c1. The summed E-state index contributed by atoms with van der Waals surface area (Å²) in [5.41, 5.74) is 1.16. The van der Waals surface area contributed by atoms with Gasteiger partial charge in [-0.15, -0.1) is 0 Å². The molecule has 0 aliphatic carbocycles. The van der Waals surface area contributed by atoms with Crippen LogP contribution in [0.3, 0.4) is 0 Å². The first kappa shape index (κ1) is 12.2. The maximum absolute atomic E-state index is 6.09. The Kier molecular flexibility index (Phi) is 4.47. The number of benzene rings is 1. The molecule has 0 saturated carbocycles. The zero-order chi connectivity index (χ0) is 11.4. The van der Waals surface area contributed by atoms with Crippen molar-refractivity contribution in [3.63, 3.8) is 0 Å². The summed E-state index contributed by atoms with van der Waals surface area (Å²) in [4.78, 5) is 0. The van der Waals surface area contributed by atoms with Gasteiger partial charge in [-0.05, 0) is 36.6 Å². The van der Waals surface area contributed by atoms with E-state index in [1.165, 1.54) is 0 Å². The summed E-state index contributed by atoms with van der Waals surface area (Å²) in [7, 11) is 0. The van der Waals surface area contributed by atoms with Gasteiger partial charge in [0, 0.05) is 29.7 Å². The molecule has 0 amide bonds. The molecule has 2 N–H and O–H groups in total. The molecule has 2 rings (SSSR count). The van der Waals surface area contributed by atoms with Crippen LogP contribution < -0.4 is 10.6 Å². The van der Waals surface area contributed by atoms with Gasteiger partial charge >= 0.3 is 0 Å². The maximum atomic E-state index is 6.09. The third kappa shape index (κ3) is 3.36. The van der Waals surface area contributed by atoms with Crippen LogP contribution >= 0.6 is 23.2 Å². The molecule has 16 heavy (non-hydrogen) atoms. The lowest BCUT2D eigenvalue weighted by molar-refractivity contribution is 0.333. The van der Waals surface area contributed by atoms with E-state index < -0.39 is 0 Å². The summed E-state index contributed by atoms with van der Waals surface area (Å²) in [6.07, 6.45) is 0.955. The van der Waals surface area contributed by atoms with Gasteiger partial charge in [0.25, 0.3) is 0 Å². The van der Waals surface area contributed by atoms with Gasteiger partial charge < -0.3 is 10.6 Å².